The molecule has 2 fully saturated rings. The molecule has 1 aliphatic carbocycles. The minimum atomic E-state index is -3.98. The minimum Gasteiger partial charge on any atom is -0.493 e. The van der Waals surface area contributed by atoms with Gasteiger partial charge in [-0.1, -0.05) is 163 Å². The van der Waals surface area contributed by atoms with Crippen LogP contribution in [0.25, 0.3) is 45.8 Å². The van der Waals surface area contributed by atoms with Gasteiger partial charge in [0, 0.05) is 75.0 Å². The summed E-state index contributed by atoms with van der Waals surface area (Å²) in [5.41, 5.74) is 4.21. The molecule has 35 heteroatoms. The van der Waals surface area contributed by atoms with Crippen molar-refractivity contribution in [2.24, 2.45) is 11.8 Å². The van der Waals surface area contributed by atoms with E-state index in [9.17, 15) is 52.8 Å². The van der Waals surface area contributed by atoms with Gasteiger partial charge in [0.05, 0.1) is 68.1 Å². The largest absolute Gasteiger partial charge is 0.493 e. The van der Waals surface area contributed by atoms with Gasteiger partial charge in [-0.2, -0.15) is 5.26 Å². The number of likely N-dealkylation sites (tertiary alicyclic amines) is 1. The third-order valence-corrected chi connectivity index (χ3v) is 28.0. The summed E-state index contributed by atoms with van der Waals surface area (Å²) >= 11 is 25.2. The molecule has 0 unspecified atom stereocenters. The molecule has 0 atom stereocenters. The summed E-state index contributed by atoms with van der Waals surface area (Å²) in [6.45, 7) is 12.8. The second-order valence-electron chi connectivity index (χ2n) is 28.9. The Morgan fingerprint density at radius 2 is 0.719 bits per heavy atom. The van der Waals surface area contributed by atoms with Gasteiger partial charge in [0.1, 0.15) is 22.8 Å². The van der Waals surface area contributed by atoms with Gasteiger partial charge in [-0.05, 0) is 138 Å². The number of Topliss-reactive ketones (excluding diaryl/α,β-unsaturated/α-hetero) is 2. The van der Waals surface area contributed by atoms with Crippen molar-refractivity contribution in [3.8, 4) is 75.0 Å². The summed E-state index contributed by atoms with van der Waals surface area (Å²) in [5.74, 6) is 0.385. The molecule has 0 spiro atoms. The molecule has 0 bridgehead atoms. The maximum absolute atomic E-state index is 13.3. The Morgan fingerprint density at radius 1 is 0.430 bits per heavy atom. The zero-order chi connectivity index (χ0) is 87.6. The van der Waals surface area contributed by atoms with Crippen molar-refractivity contribution >= 4 is 110 Å². The third-order valence-electron chi connectivity index (χ3n) is 20.0. The molecule has 0 radical (unpaired) electrons. The van der Waals surface area contributed by atoms with Gasteiger partial charge >= 0.3 is 5.91 Å². The van der Waals surface area contributed by atoms with E-state index in [1.165, 1.54) is 151 Å². The van der Waals surface area contributed by atoms with Gasteiger partial charge in [-0.15, -0.1) is 0 Å². The number of hydrogen-bond donors (Lipinski definition) is 1. The summed E-state index contributed by atoms with van der Waals surface area (Å²) in [5, 5.41) is 11.2. The number of benzene rings is 4. The molecule has 9 heterocycles. The molecule has 1 N–H and O–H groups in total. The normalized spacial score (nSPS) is 13.2. The topological polar surface area (TPSA) is 353 Å². The average Bonchev–Trinajstić information content (AvgIpc) is 1.66. The highest BCUT2D eigenvalue weighted by molar-refractivity contribution is 7.91. The van der Waals surface area contributed by atoms with Crippen LogP contribution < -0.4 is 24.3 Å². The van der Waals surface area contributed by atoms with E-state index in [4.69, 9.17) is 88.3 Å². The van der Waals surface area contributed by atoms with E-state index >= 15 is 0 Å². The van der Waals surface area contributed by atoms with Crippen molar-refractivity contribution in [2.45, 2.75) is 132 Å². The second kappa shape index (κ2) is 38.8. The quantitative estimate of drug-likeness (QED) is 0.0315. The smallest absolute Gasteiger partial charge is 0.303 e. The highest BCUT2D eigenvalue weighted by Crippen LogP contribution is 2.44. The van der Waals surface area contributed by atoms with Crippen LogP contribution in [0, 0.1) is 51.0 Å². The van der Waals surface area contributed by atoms with Gasteiger partial charge in [0.15, 0.2) is 52.2 Å². The van der Waals surface area contributed by atoms with Crippen molar-refractivity contribution in [2.75, 3.05) is 41.5 Å². The standard InChI is InChI=1S/C24H26ClNO5S.C22H23ClN2O5S.C22H24ClNO5S.C18H14ClN3O5S/c1-16-8-10-18(11-9-16)32(28,29)26-13-12-19(25)23(26)21-15-22(30-2)24(31-21)20(27)14-17-6-4-3-5-7-17;1-15-6-8-16(9-7-15)31(27,28)25-13-10-17(23)20(25)18-14-19(29-2)21(30-18)22(26)24-11-4-3-5-12-24;1-14(2)5-10-18(25)22-20(28-4)13-19(29-22)21-17(23)11-12-24(21)30(26,27)16-8-6-15(3)7-9-16;1-11-3-5-12(6-4-11)28(24,25)22-8-7-13(19)16(22)14-9-15(26-2)17(27-14)18(23)21-10-20/h8-13,15,17H,3-7,14H2,1-2H3;6-10,13-14H,3-5,11-12H2,1-2H3;6-9,11-14H,5,10H2,1-4H3;3-9H,1-2H3,(H,21,23). The van der Waals surface area contributed by atoms with E-state index in [1.54, 1.807) is 65.6 Å². The minimum absolute atomic E-state index is 0.00868. The number of aryl methyl sites for hydroxylation is 4. The molecule has 2 aliphatic rings. The van der Waals surface area contributed by atoms with Crippen LogP contribution >= 0.6 is 46.4 Å². The first-order chi connectivity index (χ1) is 57.6. The molecule has 2 amide bonds. The number of piperidine rings is 1. The maximum atomic E-state index is 13.3. The number of amides is 2. The monoisotopic (exact) mass is 1810 g/mol. The van der Waals surface area contributed by atoms with Crippen molar-refractivity contribution in [3.63, 3.8) is 0 Å². The van der Waals surface area contributed by atoms with Crippen molar-refractivity contribution < 1.29 is 89.5 Å². The van der Waals surface area contributed by atoms with Crippen molar-refractivity contribution in [1.82, 2.24) is 26.1 Å². The number of carbonyl (C=O) groups excluding carboxylic acids is 4. The van der Waals surface area contributed by atoms with Crippen molar-refractivity contribution in [1.29, 1.82) is 5.26 Å². The molecule has 121 heavy (non-hydrogen) atoms. The Bertz CT molecular complexity index is 6290. The van der Waals surface area contributed by atoms with Crippen LogP contribution in [0.4, 0.5) is 0 Å². The summed E-state index contributed by atoms with van der Waals surface area (Å²) < 4.78 is 154. The number of hydrogen-bond acceptors (Lipinski definition) is 21. The zero-order valence-electron chi connectivity index (χ0n) is 67.5. The highest BCUT2D eigenvalue weighted by Gasteiger charge is 2.35. The number of rotatable bonds is 25. The number of methoxy groups -OCH3 is 4. The van der Waals surface area contributed by atoms with Gasteiger partial charge in [-0.3, -0.25) is 24.5 Å². The lowest BCUT2D eigenvalue weighted by Gasteiger charge is -2.25. The first-order valence-electron chi connectivity index (χ1n) is 38.1. The first-order valence-corrected chi connectivity index (χ1v) is 45.4. The van der Waals surface area contributed by atoms with Gasteiger partial charge in [-0.25, -0.2) is 49.6 Å². The van der Waals surface area contributed by atoms with E-state index in [2.05, 4.69) is 0 Å². The first kappa shape index (κ1) is 90.8. The third kappa shape index (κ3) is 20.1. The van der Waals surface area contributed by atoms with E-state index < -0.39 is 46.0 Å². The number of furan rings is 4. The zero-order valence-corrected chi connectivity index (χ0v) is 73.8. The summed E-state index contributed by atoms with van der Waals surface area (Å²) in [6.07, 6.45) is 16.8. The van der Waals surface area contributed by atoms with E-state index in [-0.39, 0.29) is 149 Å². The molecular formula is C86H87Cl4N7O20S4. The average molecular weight is 1810 g/mol. The van der Waals surface area contributed by atoms with Gasteiger partial charge < -0.3 is 41.5 Å². The fourth-order valence-corrected chi connectivity index (χ4v) is 20.1. The van der Waals surface area contributed by atoms with Crippen molar-refractivity contribution in [3.05, 3.63) is 236 Å². The summed E-state index contributed by atoms with van der Waals surface area (Å²) in [4.78, 5) is 52.7. The molecule has 12 aromatic rings. The molecule has 4 aromatic carbocycles. The predicted octanol–water partition coefficient (Wildman–Crippen LogP) is 19.4. The lowest BCUT2D eigenvalue weighted by atomic mass is 9.85. The van der Waals surface area contributed by atoms with Crippen LogP contribution in [0.15, 0.2) is 208 Å². The van der Waals surface area contributed by atoms with Crippen LogP contribution in [0.5, 0.6) is 23.0 Å². The van der Waals surface area contributed by atoms with Crippen LogP contribution in [0.1, 0.15) is 149 Å². The number of ether oxygens (including phenoxy) is 4. The van der Waals surface area contributed by atoms with Crippen LogP contribution in [-0.4, -0.2) is 119 Å². The fourth-order valence-electron chi connectivity index (χ4n) is 13.5. The Labute approximate surface area is 721 Å². The summed E-state index contributed by atoms with van der Waals surface area (Å²) in [7, 11) is -10.1. The summed E-state index contributed by atoms with van der Waals surface area (Å²) in [6, 6.07) is 37.6. The number of nitriles is 1. The number of ketones is 2. The van der Waals surface area contributed by atoms with E-state index in [0.717, 1.165) is 83.1 Å². The van der Waals surface area contributed by atoms with Gasteiger partial charge in [0.25, 0.3) is 46.0 Å². The molecule has 1 aliphatic heterocycles. The van der Waals surface area contributed by atoms with Crippen LogP contribution in [0.2, 0.25) is 20.1 Å². The molecular weight excluding hydrogens is 1720 g/mol. The second-order valence-corrected chi connectivity index (χ2v) is 37.8. The SMILES string of the molecule is COc1cc(-c2c(Cl)ccn2S(=O)(=O)c2ccc(C)cc2)oc1C(=O)CC1CCCCC1.COc1cc(-c2c(Cl)ccn2S(=O)(=O)c2ccc(C)cc2)oc1C(=O)CCC(C)C.COc1cc(-c2c(Cl)ccn2S(=O)(=O)c2ccc(C)cc2)oc1C(=O)N1CCCCC1.COc1cc(-c2c(Cl)ccn2S(=O)(=O)c2ccc(C)cc2)oc1C(=O)NC#N. The van der Waals surface area contributed by atoms with Crippen LogP contribution in [0.3, 0.4) is 0 Å². The lowest BCUT2D eigenvalue weighted by Crippen LogP contribution is -2.35. The fraction of sp³-hybridized carbons (Fsp3) is 0.291. The number of aromatic nitrogens is 4. The number of carbonyl (C=O) groups is 4. The Morgan fingerprint density at radius 3 is 1.03 bits per heavy atom. The van der Waals surface area contributed by atoms with Gasteiger partial charge in [0.2, 0.25) is 34.6 Å². The van der Waals surface area contributed by atoms with Crippen LogP contribution in [-0.2, 0) is 40.1 Å². The predicted molar refractivity (Wildman–Crippen MR) is 457 cm³/mol. The number of nitrogens with zero attached hydrogens (tertiary/aromatic N) is 6. The Balaban J connectivity index is 0.000000158. The molecule has 8 aromatic heterocycles. The number of nitrogens with one attached hydrogen (secondary N) is 1. The van der Waals surface area contributed by atoms with E-state index in [0.29, 0.717) is 44.2 Å². The number of halogens is 4. The maximum Gasteiger partial charge on any atom is 0.303 e. The molecule has 1 saturated carbocycles. The van der Waals surface area contributed by atoms with E-state index in [1.807, 2.05) is 46.9 Å². The molecule has 638 valence electrons. The Kier molecular flexibility index (Phi) is 29.1. The lowest BCUT2D eigenvalue weighted by molar-refractivity contribution is 0.0687. The molecule has 27 nitrogen and oxygen atoms in total. The highest BCUT2D eigenvalue weighted by atomic mass is 35.5. The Hall–Kier alpha value is -11.0. The molecule has 14 rings (SSSR count). The molecule has 1 saturated heterocycles.